The van der Waals surface area contributed by atoms with E-state index in [4.69, 9.17) is 4.74 Å². The summed E-state index contributed by atoms with van der Waals surface area (Å²) in [6.07, 6.45) is 3.36. The van der Waals surface area contributed by atoms with Crippen molar-refractivity contribution in [3.63, 3.8) is 0 Å². The van der Waals surface area contributed by atoms with Crippen LogP contribution in [0.1, 0.15) is 24.1 Å². The normalized spacial score (nSPS) is 28.6. The van der Waals surface area contributed by atoms with Gasteiger partial charge in [0.05, 0.1) is 13.2 Å². The predicted molar refractivity (Wildman–Crippen MR) is 82.3 cm³/mol. The van der Waals surface area contributed by atoms with Crippen molar-refractivity contribution in [1.29, 1.82) is 0 Å². The lowest BCUT2D eigenvalue weighted by molar-refractivity contribution is -0.130. The zero-order valence-corrected chi connectivity index (χ0v) is 13.1. The van der Waals surface area contributed by atoms with Crippen LogP contribution in [0.3, 0.4) is 0 Å². The second kappa shape index (κ2) is 6.46. The zero-order chi connectivity index (χ0) is 14.7. The Bertz CT molecular complexity index is 476. The monoisotopic (exact) mass is 309 g/mol. The summed E-state index contributed by atoms with van der Waals surface area (Å²) in [5, 5.41) is 11.8. The smallest absolute Gasteiger partial charge is 0.222 e. The molecule has 2 fully saturated rings. The van der Waals surface area contributed by atoms with Crippen molar-refractivity contribution in [2.75, 3.05) is 32.9 Å². The van der Waals surface area contributed by atoms with Crippen LogP contribution in [-0.2, 0) is 16.0 Å². The van der Waals surface area contributed by atoms with Gasteiger partial charge in [-0.05, 0) is 30.7 Å². The average molecular weight is 309 g/mol. The first-order valence-electron chi connectivity index (χ1n) is 7.72. The van der Waals surface area contributed by atoms with Crippen LogP contribution in [-0.4, -0.2) is 48.8 Å². The predicted octanol–water partition coefficient (Wildman–Crippen LogP) is 1.93. The lowest BCUT2D eigenvalue weighted by atomic mass is 9.75. The van der Waals surface area contributed by atoms with Gasteiger partial charge in [0.2, 0.25) is 5.91 Å². The van der Waals surface area contributed by atoms with E-state index in [0.717, 1.165) is 25.8 Å². The molecule has 0 aromatic carbocycles. The van der Waals surface area contributed by atoms with Crippen molar-refractivity contribution in [2.45, 2.75) is 25.7 Å². The number of nitrogens with zero attached hydrogens (tertiary/aromatic N) is 1. The maximum atomic E-state index is 12.4. The lowest BCUT2D eigenvalue weighted by Crippen LogP contribution is -2.41. The summed E-state index contributed by atoms with van der Waals surface area (Å²) in [6, 6.07) is 4.18. The zero-order valence-electron chi connectivity index (χ0n) is 12.3. The molecule has 1 N–H and O–H groups in total. The Labute approximate surface area is 129 Å². The Morgan fingerprint density at radius 3 is 3.19 bits per heavy atom. The Kier molecular flexibility index (Phi) is 4.62. The number of hydrogen-bond acceptors (Lipinski definition) is 4. The maximum Gasteiger partial charge on any atom is 0.222 e. The van der Waals surface area contributed by atoms with E-state index in [0.29, 0.717) is 32.1 Å². The molecule has 2 saturated heterocycles. The number of aliphatic hydroxyl groups excluding tert-OH is 1. The first-order chi connectivity index (χ1) is 10.2. The number of aliphatic hydroxyl groups is 1. The van der Waals surface area contributed by atoms with Gasteiger partial charge in [0.1, 0.15) is 0 Å². The first kappa shape index (κ1) is 15.0. The number of fused-ring (bicyclic) bond motifs is 1. The standard InChI is InChI=1S/C16H23NO3S/c18-12-16-6-7-20-10-13(16)9-17(11-16)15(19)5-1-3-14-4-2-8-21-14/h2,4,8,13,18H,1,3,5-7,9-12H2/t13-,16-/m1/s1. The summed E-state index contributed by atoms with van der Waals surface area (Å²) in [7, 11) is 0. The minimum atomic E-state index is -0.109. The summed E-state index contributed by atoms with van der Waals surface area (Å²) in [6.45, 7) is 3.00. The molecule has 1 amide bonds. The van der Waals surface area contributed by atoms with Crippen LogP contribution >= 0.6 is 11.3 Å². The third kappa shape index (κ3) is 3.15. The van der Waals surface area contributed by atoms with E-state index < -0.39 is 0 Å². The van der Waals surface area contributed by atoms with Gasteiger partial charge in [-0.3, -0.25) is 4.79 Å². The molecule has 2 atom stereocenters. The van der Waals surface area contributed by atoms with Gasteiger partial charge in [0.25, 0.3) is 0 Å². The van der Waals surface area contributed by atoms with Gasteiger partial charge in [-0.1, -0.05) is 6.07 Å². The number of aryl methyl sites for hydroxylation is 1. The van der Waals surface area contributed by atoms with Crippen LogP contribution in [0.5, 0.6) is 0 Å². The molecule has 0 saturated carbocycles. The topological polar surface area (TPSA) is 49.8 Å². The quantitative estimate of drug-likeness (QED) is 0.904. The van der Waals surface area contributed by atoms with Gasteiger partial charge >= 0.3 is 0 Å². The Morgan fingerprint density at radius 2 is 2.48 bits per heavy atom. The minimum absolute atomic E-state index is 0.109. The fraction of sp³-hybridized carbons (Fsp3) is 0.688. The van der Waals surface area contributed by atoms with Gasteiger partial charge in [-0.25, -0.2) is 0 Å². The van der Waals surface area contributed by atoms with E-state index in [1.54, 1.807) is 11.3 Å². The highest BCUT2D eigenvalue weighted by atomic mass is 32.1. The van der Waals surface area contributed by atoms with E-state index in [1.165, 1.54) is 4.88 Å². The number of amides is 1. The highest BCUT2D eigenvalue weighted by Crippen LogP contribution is 2.41. The molecule has 4 nitrogen and oxygen atoms in total. The van der Waals surface area contributed by atoms with Gasteiger partial charge in [-0.15, -0.1) is 11.3 Å². The summed E-state index contributed by atoms with van der Waals surface area (Å²) < 4.78 is 5.52. The SMILES string of the molecule is O=C(CCCc1cccs1)N1C[C@@H]2COCC[C@]2(CO)C1. The van der Waals surface area contributed by atoms with Crippen LogP contribution < -0.4 is 0 Å². The molecule has 1 aromatic heterocycles. The number of thiophene rings is 1. The van der Waals surface area contributed by atoms with Crippen molar-refractivity contribution < 1.29 is 14.6 Å². The number of carbonyl (C=O) groups is 1. The van der Waals surface area contributed by atoms with Crippen molar-refractivity contribution >= 4 is 17.2 Å². The Balaban J connectivity index is 1.51. The number of hydrogen-bond donors (Lipinski definition) is 1. The number of ether oxygens (including phenoxy) is 1. The third-order valence-corrected chi connectivity index (χ3v) is 5.87. The van der Waals surface area contributed by atoms with E-state index >= 15 is 0 Å². The Morgan fingerprint density at radius 1 is 1.57 bits per heavy atom. The van der Waals surface area contributed by atoms with Crippen LogP contribution in [0.25, 0.3) is 0 Å². The highest BCUT2D eigenvalue weighted by molar-refractivity contribution is 7.09. The van der Waals surface area contributed by atoms with Gasteiger partial charge in [0, 0.05) is 42.3 Å². The molecule has 116 valence electrons. The van der Waals surface area contributed by atoms with Gasteiger partial charge < -0.3 is 14.7 Å². The van der Waals surface area contributed by atoms with Crippen LogP contribution in [0.4, 0.5) is 0 Å². The first-order valence-corrected chi connectivity index (χ1v) is 8.60. The van der Waals surface area contributed by atoms with Gasteiger partial charge in [-0.2, -0.15) is 0 Å². The molecule has 3 rings (SSSR count). The summed E-state index contributed by atoms with van der Waals surface area (Å²) in [5.74, 6) is 0.534. The van der Waals surface area contributed by atoms with E-state index in [2.05, 4.69) is 17.5 Å². The average Bonchev–Trinajstić information content (AvgIpc) is 3.14. The van der Waals surface area contributed by atoms with E-state index in [1.807, 2.05) is 4.90 Å². The summed E-state index contributed by atoms with van der Waals surface area (Å²) in [4.78, 5) is 15.7. The number of likely N-dealkylation sites (tertiary alicyclic amines) is 1. The van der Waals surface area contributed by atoms with Gasteiger partial charge in [0.15, 0.2) is 0 Å². The molecule has 0 spiro atoms. The largest absolute Gasteiger partial charge is 0.396 e. The fourth-order valence-corrected chi connectivity index (χ4v) is 4.27. The fourth-order valence-electron chi connectivity index (χ4n) is 3.52. The summed E-state index contributed by atoms with van der Waals surface area (Å²) >= 11 is 1.75. The second-order valence-corrected chi connectivity index (χ2v) is 7.28. The lowest BCUT2D eigenvalue weighted by Gasteiger charge is -2.36. The van der Waals surface area contributed by atoms with Crippen molar-refractivity contribution in [3.8, 4) is 0 Å². The summed E-state index contributed by atoms with van der Waals surface area (Å²) in [5.41, 5.74) is -0.109. The molecule has 0 aliphatic carbocycles. The highest BCUT2D eigenvalue weighted by Gasteiger charge is 2.48. The molecule has 21 heavy (non-hydrogen) atoms. The molecule has 5 heteroatoms. The maximum absolute atomic E-state index is 12.4. The van der Waals surface area contributed by atoms with E-state index in [9.17, 15) is 9.90 Å². The minimum Gasteiger partial charge on any atom is -0.396 e. The molecule has 0 radical (unpaired) electrons. The molecule has 0 bridgehead atoms. The third-order valence-electron chi connectivity index (χ3n) is 4.94. The molecular formula is C16H23NO3S. The molecule has 0 unspecified atom stereocenters. The molecule has 2 aliphatic heterocycles. The van der Waals surface area contributed by atoms with E-state index in [-0.39, 0.29) is 17.9 Å². The van der Waals surface area contributed by atoms with Crippen molar-refractivity contribution in [2.24, 2.45) is 11.3 Å². The van der Waals surface area contributed by atoms with Crippen molar-refractivity contribution in [3.05, 3.63) is 22.4 Å². The number of carbonyl (C=O) groups excluding carboxylic acids is 1. The van der Waals surface area contributed by atoms with Crippen molar-refractivity contribution in [1.82, 2.24) is 4.90 Å². The molecule has 2 aliphatic rings. The van der Waals surface area contributed by atoms with Crippen LogP contribution in [0.15, 0.2) is 17.5 Å². The molecule has 1 aromatic rings. The molecule has 3 heterocycles. The second-order valence-electron chi connectivity index (χ2n) is 6.25. The number of rotatable bonds is 5. The molecular weight excluding hydrogens is 286 g/mol. The Hall–Kier alpha value is -0.910. The van der Waals surface area contributed by atoms with Crippen LogP contribution in [0.2, 0.25) is 0 Å². The van der Waals surface area contributed by atoms with Crippen LogP contribution in [0, 0.1) is 11.3 Å².